The van der Waals surface area contributed by atoms with E-state index in [1.165, 1.54) is 7.11 Å². The normalized spacial score (nSPS) is 12.3. The van der Waals surface area contributed by atoms with E-state index in [0.717, 1.165) is 0 Å². The molecule has 0 radical (unpaired) electrons. The van der Waals surface area contributed by atoms with Crippen LogP contribution < -0.4 is 5.32 Å². The summed E-state index contributed by atoms with van der Waals surface area (Å²) in [6, 6.07) is 5.13. The first kappa shape index (κ1) is 15.8. The van der Waals surface area contributed by atoms with Gasteiger partial charge >= 0.3 is 5.97 Å². The number of anilines is 1. The zero-order valence-corrected chi connectivity index (χ0v) is 12.5. The number of nitrogens with one attached hydrogen (secondary N) is 1. The van der Waals surface area contributed by atoms with Gasteiger partial charge in [-0.15, -0.1) is 0 Å². The van der Waals surface area contributed by atoms with Crippen LogP contribution in [0.2, 0.25) is 5.02 Å². The lowest BCUT2D eigenvalue weighted by Gasteiger charge is -2.24. The molecule has 5 heteroatoms. The first-order chi connectivity index (χ1) is 8.99. The lowest BCUT2D eigenvalue weighted by atomic mass is 10.0. The molecule has 0 bridgehead atoms. The monoisotopic (exact) mass is 285 g/mol. The number of hydrogen-bond donors (Lipinski definition) is 1. The number of esters is 1. The Bertz CT molecular complexity index is 435. The van der Waals surface area contributed by atoms with Gasteiger partial charge in [-0.05, 0) is 24.1 Å². The highest BCUT2D eigenvalue weighted by Crippen LogP contribution is 2.24. The van der Waals surface area contributed by atoms with E-state index >= 15 is 0 Å². The first-order valence-corrected chi connectivity index (χ1v) is 6.50. The summed E-state index contributed by atoms with van der Waals surface area (Å²) in [6.45, 7) is 4.71. The van der Waals surface area contributed by atoms with Crippen molar-refractivity contribution in [2.24, 2.45) is 5.92 Å². The van der Waals surface area contributed by atoms with E-state index in [-0.39, 0.29) is 12.0 Å². The summed E-state index contributed by atoms with van der Waals surface area (Å²) in [6.07, 6.45) is 0. The summed E-state index contributed by atoms with van der Waals surface area (Å²) in [5.74, 6) is -0.0384. The zero-order valence-electron chi connectivity index (χ0n) is 11.7. The molecular formula is C14H20ClNO3. The molecule has 1 atom stereocenters. The van der Waals surface area contributed by atoms with Crippen LogP contribution in [-0.2, 0) is 9.47 Å². The standard InChI is InChI=1S/C14H20ClNO3/c1-9(2)13(8-18-3)16-12-7-10(15)5-6-11(12)14(17)19-4/h5-7,9,13,16H,8H2,1-4H3. The van der Waals surface area contributed by atoms with Crippen molar-refractivity contribution in [3.63, 3.8) is 0 Å². The van der Waals surface area contributed by atoms with Gasteiger partial charge < -0.3 is 14.8 Å². The fourth-order valence-corrected chi connectivity index (χ4v) is 1.88. The van der Waals surface area contributed by atoms with Crippen LogP contribution in [-0.4, -0.2) is 32.8 Å². The number of benzene rings is 1. The molecule has 0 heterocycles. The number of hydrogen-bond acceptors (Lipinski definition) is 4. The zero-order chi connectivity index (χ0) is 14.4. The summed E-state index contributed by atoms with van der Waals surface area (Å²) < 4.78 is 9.95. The van der Waals surface area contributed by atoms with Crippen LogP contribution >= 0.6 is 11.6 Å². The average molecular weight is 286 g/mol. The highest BCUT2D eigenvalue weighted by atomic mass is 35.5. The van der Waals surface area contributed by atoms with Crippen molar-refractivity contribution in [1.82, 2.24) is 0 Å². The Hall–Kier alpha value is -1.26. The van der Waals surface area contributed by atoms with Gasteiger partial charge in [0.25, 0.3) is 0 Å². The van der Waals surface area contributed by atoms with Crippen LogP contribution in [0.1, 0.15) is 24.2 Å². The first-order valence-electron chi connectivity index (χ1n) is 6.13. The molecule has 0 aliphatic rings. The summed E-state index contributed by atoms with van der Waals surface area (Å²) in [7, 11) is 3.01. The third-order valence-corrected chi connectivity index (χ3v) is 3.11. The van der Waals surface area contributed by atoms with Crippen molar-refractivity contribution in [3.05, 3.63) is 28.8 Å². The van der Waals surface area contributed by atoms with E-state index in [4.69, 9.17) is 21.1 Å². The molecule has 19 heavy (non-hydrogen) atoms. The van der Waals surface area contributed by atoms with Gasteiger partial charge in [0.15, 0.2) is 0 Å². The van der Waals surface area contributed by atoms with Crippen molar-refractivity contribution < 1.29 is 14.3 Å². The summed E-state index contributed by atoms with van der Waals surface area (Å²) >= 11 is 5.98. The van der Waals surface area contributed by atoms with E-state index in [1.807, 2.05) is 0 Å². The molecule has 1 aromatic rings. The Morgan fingerprint density at radius 2 is 2.05 bits per heavy atom. The van der Waals surface area contributed by atoms with Gasteiger partial charge in [0, 0.05) is 12.1 Å². The van der Waals surface area contributed by atoms with Gasteiger partial charge in [0.2, 0.25) is 0 Å². The molecule has 106 valence electrons. The quantitative estimate of drug-likeness (QED) is 0.816. The van der Waals surface area contributed by atoms with Gasteiger partial charge in [-0.3, -0.25) is 0 Å². The Labute approximate surface area is 119 Å². The molecule has 0 fully saturated rings. The minimum Gasteiger partial charge on any atom is -0.465 e. The lowest BCUT2D eigenvalue weighted by Crippen LogP contribution is -2.31. The Morgan fingerprint density at radius 1 is 1.37 bits per heavy atom. The van der Waals surface area contributed by atoms with Crippen LogP contribution in [0.15, 0.2) is 18.2 Å². The fraction of sp³-hybridized carbons (Fsp3) is 0.500. The predicted octanol–water partition coefficient (Wildman–Crippen LogP) is 3.21. The third-order valence-electron chi connectivity index (χ3n) is 2.88. The predicted molar refractivity (Wildman–Crippen MR) is 76.9 cm³/mol. The van der Waals surface area contributed by atoms with E-state index in [1.54, 1.807) is 25.3 Å². The van der Waals surface area contributed by atoms with Gasteiger partial charge in [-0.1, -0.05) is 25.4 Å². The van der Waals surface area contributed by atoms with Crippen LogP contribution in [0.5, 0.6) is 0 Å². The fourth-order valence-electron chi connectivity index (χ4n) is 1.70. The number of halogens is 1. The number of methoxy groups -OCH3 is 2. The molecule has 0 amide bonds. The number of ether oxygens (including phenoxy) is 2. The molecule has 1 unspecified atom stereocenters. The van der Waals surface area contributed by atoms with Crippen molar-refractivity contribution >= 4 is 23.3 Å². The Kier molecular flexibility index (Phi) is 6.12. The largest absolute Gasteiger partial charge is 0.465 e. The maximum atomic E-state index is 11.7. The molecule has 1 aromatic carbocycles. The lowest BCUT2D eigenvalue weighted by molar-refractivity contribution is 0.0601. The highest BCUT2D eigenvalue weighted by Gasteiger charge is 2.18. The van der Waals surface area contributed by atoms with E-state index in [0.29, 0.717) is 28.8 Å². The van der Waals surface area contributed by atoms with Crippen LogP contribution in [0.3, 0.4) is 0 Å². The van der Waals surface area contributed by atoms with E-state index in [2.05, 4.69) is 19.2 Å². The third kappa shape index (κ3) is 4.40. The molecule has 0 spiro atoms. The van der Waals surface area contributed by atoms with Crippen LogP contribution in [0, 0.1) is 5.92 Å². The summed E-state index contributed by atoms with van der Waals surface area (Å²) in [5.41, 5.74) is 1.13. The second kappa shape index (κ2) is 7.36. The van der Waals surface area contributed by atoms with Gasteiger partial charge in [-0.2, -0.15) is 0 Å². The highest BCUT2D eigenvalue weighted by molar-refractivity contribution is 6.31. The minimum absolute atomic E-state index is 0.0897. The molecule has 0 aromatic heterocycles. The number of carbonyl (C=O) groups excluding carboxylic acids is 1. The second-order valence-electron chi connectivity index (χ2n) is 4.63. The minimum atomic E-state index is -0.390. The summed E-state index contributed by atoms with van der Waals surface area (Å²) in [5, 5.41) is 3.86. The number of rotatable bonds is 6. The van der Waals surface area contributed by atoms with Gasteiger partial charge in [0.05, 0.1) is 31.0 Å². The Morgan fingerprint density at radius 3 is 2.58 bits per heavy atom. The SMILES string of the molecule is COCC(Nc1cc(Cl)ccc1C(=O)OC)C(C)C. The second-order valence-corrected chi connectivity index (χ2v) is 5.07. The van der Waals surface area contributed by atoms with Gasteiger partial charge in [-0.25, -0.2) is 4.79 Å². The van der Waals surface area contributed by atoms with Crippen molar-refractivity contribution in [1.29, 1.82) is 0 Å². The molecule has 0 saturated heterocycles. The molecule has 1 rings (SSSR count). The number of carbonyl (C=O) groups is 1. The topological polar surface area (TPSA) is 47.6 Å². The van der Waals surface area contributed by atoms with Crippen molar-refractivity contribution in [2.45, 2.75) is 19.9 Å². The van der Waals surface area contributed by atoms with Crippen LogP contribution in [0.25, 0.3) is 0 Å². The molecular weight excluding hydrogens is 266 g/mol. The molecule has 0 aliphatic heterocycles. The van der Waals surface area contributed by atoms with E-state index < -0.39 is 0 Å². The molecule has 1 N–H and O–H groups in total. The molecule has 4 nitrogen and oxygen atoms in total. The smallest absolute Gasteiger partial charge is 0.339 e. The van der Waals surface area contributed by atoms with E-state index in [9.17, 15) is 4.79 Å². The molecule has 0 saturated carbocycles. The average Bonchev–Trinajstić information content (AvgIpc) is 2.37. The maximum absolute atomic E-state index is 11.7. The summed E-state index contributed by atoms with van der Waals surface area (Å²) in [4.78, 5) is 11.7. The van der Waals surface area contributed by atoms with Gasteiger partial charge in [0.1, 0.15) is 0 Å². The van der Waals surface area contributed by atoms with Crippen molar-refractivity contribution in [3.8, 4) is 0 Å². The Balaban J connectivity index is 3.03. The van der Waals surface area contributed by atoms with Crippen molar-refractivity contribution in [2.75, 3.05) is 26.1 Å². The van der Waals surface area contributed by atoms with Crippen LogP contribution in [0.4, 0.5) is 5.69 Å². The molecule has 0 aliphatic carbocycles. The maximum Gasteiger partial charge on any atom is 0.339 e.